The first-order valence-corrected chi connectivity index (χ1v) is 8.50. The molecule has 3 nitrogen and oxygen atoms in total. The van der Waals surface area contributed by atoms with Crippen molar-refractivity contribution in [3.63, 3.8) is 0 Å². The zero-order valence-electron chi connectivity index (χ0n) is 11.9. The van der Waals surface area contributed by atoms with E-state index in [4.69, 9.17) is 0 Å². The molecular formula is C16H22N2OS. The molecule has 1 unspecified atom stereocenters. The standard InChI is InChI=1S/C16H22N2OS/c1-2-9-17-15-13-8-7-12(10-14(13)18-16(15)19)20-11-5-3-4-6-11/h7-8,10-11,15,17H,2-6,9H2,1H3,(H,18,19). The molecule has 0 saturated heterocycles. The number of nitrogens with one attached hydrogen (secondary N) is 2. The summed E-state index contributed by atoms with van der Waals surface area (Å²) in [6, 6.07) is 6.25. The van der Waals surface area contributed by atoms with Crippen molar-refractivity contribution in [3.05, 3.63) is 23.8 Å². The minimum Gasteiger partial charge on any atom is -0.324 e. The molecule has 0 radical (unpaired) electrons. The van der Waals surface area contributed by atoms with E-state index >= 15 is 0 Å². The summed E-state index contributed by atoms with van der Waals surface area (Å²) in [5.41, 5.74) is 2.09. The Hall–Kier alpha value is -1.00. The van der Waals surface area contributed by atoms with Crippen LogP contribution in [0.2, 0.25) is 0 Å². The lowest BCUT2D eigenvalue weighted by molar-refractivity contribution is -0.117. The van der Waals surface area contributed by atoms with Crippen LogP contribution in [0.25, 0.3) is 0 Å². The highest BCUT2D eigenvalue weighted by Gasteiger charge is 2.30. The molecule has 3 rings (SSSR count). The normalized spacial score (nSPS) is 22.1. The predicted octanol–water partition coefficient (Wildman–Crippen LogP) is 3.71. The average molecular weight is 290 g/mol. The van der Waals surface area contributed by atoms with Gasteiger partial charge in [-0.15, -0.1) is 11.8 Å². The molecule has 2 aliphatic rings. The van der Waals surface area contributed by atoms with E-state index in [2.05, 4.69) is 35.8 Å². The van der Waals surface area contributed by atoms with Gasteiger partial charge in [-0.2, -0.15) is 0 Å². The molecule has 108 valence electrons. The first kappa shape index (κ1) is 14.0. The van der Waals surface area contributed by atoms with Crippen molar-refractivity contribution < 1.29 is 4.79 Å². The zero-order valence-corrected chi connectivity index (χ0v) is 12.8. The molecule has 2 N–H and O–H groups in total. The van der Waals surface area contributed by atoms with E-state index in [0.29, 0.717) is 0 Å². The lowest BCUT2D eigenvalue weighted by Crippen LogP contribution is -2.27. The third kappa shape index (κ3) is 2.86. The van der Waals surface area contributed by atoms with Gasteiger partial charge < -0.3 is 10.6 Å². The Bertz CT molecular complexity index is 497. The molecule has 1 fully saturated rings. The number of thioether (sulfide) groups is 1. The topological polar surface area (TPSA) is 41.1 Å². The average Bonchev–Trinajstić information content (AvgIpc) is 3.03. The van der Waals surface area contributed by atoms with Crippen molar-refractivity contribution in [2.75, 3.05) is 11.9 Å². The number of benzene rings is 1. The Balaban J connectivity index is 1.73. The van der Waals surface area contributed by atoms with E-state index in [1.54, 1.807) is 0 Å². The summed E-state index contributed by atoms with van der Waals surface area (Å²) in [6.07, 6.45) is 6.42. The van der Waals surface area contributed by atoms with E-state index in [0.717, 1.165) is 29.5 Å². The Labute approximate surface area is 124 Å². The molecule has 1 amide bonds. The Morgan fingerprint density at radius 2 is 2.15 bits per heavy atom. The summed E-state index contributed by atoms with van der Waals surface area (Å²) in [4.78, 5) is 13.3. The van der Waals surface area contributed by atoms with E-state index in [1.165, 1.54) is 30.6 Å². The van der Waals surface area contributed by atoms with Crippen molar-refractivity contribution in [2.24, 2.45) is 0 Å². The van der Waals surface area contributed by atoms with Crippen molar-refractivity contribution in [1.29, 1.82) is 0 Å². The van der Waals surface area contributed by atoms with E-state index in [9.17, 15) is 4.79 Å². The summed E-state index contributed by atoms with van der Waals surface area (Å²) < 4.78 is 0. The fraction of sp³-hybridized carbons (Fsp3) is 0.562. The Kier molecular flexibility index (Phi) is 4.32. The van der Waals surface area contributed by atoms with Gasteiger partial charge in [-0.1, -0.05) is 25.8 Å². The van der Waals surface area contributed by atoms with Crippen molar-refractivity contribution in [1.82, 2.24) is 5.32 Å². The van der Waals surface area contributed by atoms with Crippen LogP contribution in [-0.4, -0.2) is 17.7 Å². The van der Waals surface area contributed by atoms with Gasteiger partial charge in [0.1, 0.15) is 6.04 Å². The van der Waals surface area contributed by atoms with Crippen molar-refractivity contribution >= 4 is 23.4 Å². The number of hydrogen-bond donors (Lipinski definition) is 2. The minimum absolute atomic E-state index is 0.0801. The van der Waals surface area contributed by atoms with Crippen LogP contribution in [0.1, 0.15) is 50.6 Å². The third-order valence-electron chi connectivity index (χ3n) is 4.06. The fourth-order valence-electron chi connectivity index (χ4n) is 3.00. The van der Waals surface area contributed by atoms with Gasteiger partial charge in [-0.05, 0) is 37.9 Å². The Morgan fingerprint density at radius 3 is 2.90 bits per heavy atom. The van der Waals surface area contributed by atoms with Gasteiger partial charge in [0.25, 0.3) is 0 Å². The molecule has 0 aromatic heterocycles. The molecular weight excluding hydrogens is 268 g/mol. The summed E-state index contributed by atoms with van der Waals surface area (Å²) in [5.74, 6) is 0.0801. The third-order valence-corrected chi connectivity index (χ3v) is 5.39. The Morgan fingerprint density at radius 1 is 1.35 bits per heavy atom. The highest BCUT2D eigenvalue weighted by Crippen LogP contribution is 2.39. The molecule has 1 aromatic rings. The molecule has 1 aliphatic carbocycles. The highest BCUT2D eigenvalue weighted by molar-refractivity contribution is 8.00. The maximum atomic E-state index is 12.0. The molecule has 0 spiro atoms. The van der Waals surface area contributed by atoms with Crippen LogP contribution in [0.5, 0.6) is 0 Å². The number of amides is 1. The summed E-state index contributed by atoms with van der Waals surface area (Å²) >= 11 is 1.97. The second kappa shape index (κ2) is 6.19. The number of carbonyl (C=O) groups excluding carboxylic acids is 1. The van der Waals surface area contributed by atoms with Gasteiger partial charge in [-0.25, -0.2) is 0 Å². The first-order valence-electron chi connectivity index (χ1n) is 7.63. The molecule has 1 aliphatic heterocycles. The predicted molar refractivity (Wildman–Crippen MR) is 84.2 cm³/mol. The summed E-state index contributed by atoms with van der Waals surface area (Å²) in [6.45, 7) is 2.98. The summed E-state index contributed by atoms with van der Waals surface area (Å²) in [5, 5.41) is 7.08. The number of carbonyl (C=O) groups is 1. The van der Waals surface area contributed by atoms with Crippen molar-refractivity contribution in [2.45, 2.75) is 55.2 Å². The quantitative estimate of drug-likeness (QED) is 0.868. The van der Waals surface area contributed by atoms with Gasteiger partial charge in [0.2, 0.25) is 5.91 Å². The summed E-state index contributed by atoms with van der Waals surface area (Å²) in [7, 11) is 0. The SMILES string of the molecule is CCCNC1C(=O)Nc2cc(SC3CCCC3)ccc21. The lowest BCUT2D eigenvalue weighted by Gasteiger charge is -2.12. The van der Waals surface area contributed by atoms with E-state index in [-0.39, 0.29) is 11.9 Å². The van der Waals surface area contributed by atoms with Gasteiger partial charge in [0, 0.05) is 21.4 Å². The smallest absolute Gasteiger partial charge is 0.246 e. The van der Waals surface area contributed by atoms with Crippen LogP contribution in [0.4, 0.5) is 5.69 Å². The van der Waals surface area contributed by atoms with Gasteiger partial charge in [0.05, 0.1) is 0 Å². The molecule has 1 atom stereocenters. The second-order valence-corrected chi connectivity index (χ2v) is 7.02. The number of anilines is 1. The maximum Gasteiger partial charge on any atom is 0.246 e. The lowest BCUT2D eigenvalue weighted by atomic mass is 10.1. The van der Waals surface area contributed by atoms with E-state index in [1.807, 2.05) is 11.8 Å². The molecule has 1 aromatic carbocycles. The van der Waals surface area contributed by atoms with Crippen LogP contribution >= 0.6 is 11.8 Å². The van der Waals surface area contributed by atoms with Crippen LogP contribution in [0.3, 0.4) is 0 Å². The number of rotatable bonds is 5. The molecule has 20 heavy (non-hydrogen) atoms. The van der Waals surface area contributed by atoms with Crippen LogP contribution < -0.4 is 10.6 Å². The van der Waals surface area contributed by atoms with Crippen LogP contribution in [0, 0.1) is 0 Å². The van der Waals surface area contributed by atoms with Crippen LogP contribution in [0.15, 0.2) is 23.1 Å². The monoisotopic (exact) mass is 290 g/mol. The van der Waals surface area contributed by atoms with Crippen molar-refractivity contribution in [3.8, 4) is 0 Å². The first-order chi connectivity index (χ1) is 9.78. The maximum absolute atomic E-state index is 12.0. The number of fused-ring (bicyclic) bond motifs is 1. The number of hydrogen-bond acceptors (Lipinski definition) is 3. The largest absolute Gasteiger partial charge is 0.324 e. The zero-order chi connectivity index (χ0) is 13.9. The highest BCUT2D eigenvalue weighted by atomic mass is 32.2. The van der Waals surface area contributed by atoms with Gasteiger partial charge in [0.15, 0.2) is 0 Å². The fourth-order valence-corrected chi connectivity index (χ4v) is 4.29. The molecule has 1 saturated carbocycles. The second-order valence-electron chi connectivity index (χ2n) is 5.65. The minimum atomic E-state index is -0.171. The molecule has 4 heteroatoms. The van der Waals surface area contributed by atoms with Crippen LogP contribution in [-0.2, 0) is 4.79 Å². The molecule has 1 heterocycles. The molecule has 0 bridgehead atoms. The van der Waals surface area contributed by atoms with Gasteiger partial charge in [-0.3, -0.25) is 4.79 Å². The van der Waals surface area contributed by atoms with Gasteiger partial charge >= 0.3 is 0 Å². The van der Waals surface area contributed by atoms with E-state index < -0.39 is 0 Å².